The van der Waals surface area contributed by atoms with Crippen molar-refractivity contribution in [2.45, 2.75) is 6.16 Å². The van der Waals surface area contributed by atoms with Crippen LogP contribution in [-0.2, 0) is 15.3 Å². The Labute approximate surface area is 165 Å². The summed E-state index contributed by atoms with van der Waals surface area (Å²) < 4.78 is 34.7. The molecule has 3 rings (SSSR count). The van der Waals surface area contributed by atoms with Gasteiger partial charge in [0.25, 0.3) is 0 Å². The highest BCUT2D eigenvalue weighted by Crippen LogP contribution is 2.51. The van der Waals surface area contributed by atoms with Gasteiger partial charge < -0.3 is 18.5 Å². The summed E-state index contributed by atoms with van der Waals surface area (Å²) in [4.78, 5) is 0. The second-order valence-electron chi connectivity index (χ2n) is 6.10. The van der Waals surface area contributed by atoms with Gasteiger partial charge in [-0.15, -0.1) is 0 Å². The topological polar surface area (TPSA) is 54.0 Å². The zero-order chi connectivity index (χ0) is 20.0. The molecular weight excluding hydrogens is 375 g/mol. The molecule has 1 unspecified atom stereocenters. The molecular formula is C22H23O5P. The maximum Gasteiger partial charge on any atom is 0.383 e. The lowest BCUT2D eigenvalue weighted by atomic mass is 10.0. The molecule has 0 aromatic heterocycles. The highest BCUT2D eigenvalue weighted by atomic mass is 31.2. The fourth-order valence-electron chi connectivity index (χ4n) is 2.85. The van der Waals surface area contributed by atoms with Crippen molar-refractivity contribution in [1.29, 1.82) is 0 Å². The van der Waals surface area contributed by atoms with Gasteiger partial charge in [0.15, 0.2) is 0 Å². The lowest BCUT2D eigenvalue weighted by Gasteiger charge is -2.19. The third-order valence-corrected chi connectivity index (χ3v) is 6.14. The molecule has 0 saturated heterocycles. The summed E-state index contributed by atoms with van der Waals surface area (Å²) in [5, 5.41) is 0. The van der Waals surface area contributed by atoms with Crippen LogP contribution in [0.3, 0.4) is 0 Å². The quantitative estimate of drug-likeness (QED) is 0.450. The van der Waals surface area contributed by atoms with Gasteiger partial charge in [-0.05, 0) is 53.1 Å². The van der Waals surface area contributed by atoms with Crippen molar-refractivity contribution < 1.29 is 23.1 Å². The molecule has 0 aliphatic carbocycles. The van der Waals surface area contributed by atoms with Gasteiger partial charge in [-0.25, -0.2) is 4.57 Å². The van der Waals surface area contributed by atoms with E-state index in [-0.39, 0.29) is 6.16 Å². The largest absolute Gasteiger partial charge is 0.497 e. The molecule has 1 atom stereocenters. The van der Waals surface area contributed by atoms with Crippen molar-refractivity contribution in [3.63, 3.8) is 0 Å². The first-order valence-corrected chi connectivity index (χ1v) is 10.5. The van der Waals surface area contributed by atoms with Crippen LogP contribution in [-0.4, -0.2) is 21.3 Å². The molecule has 3 aromatic carbocycles. The molecule has 3 aromatic rings. The minimum atomic E-state index is -3.40. The lowest BCUT2D eigenvalue weighted by molar-refractivity contribution is 0.320. The molecule has 0 heterocycles. The predicted octanol–water partition coefficient (Wildman–Crippen LogP) is 5.79. The molecule has 0 radical (unpaired) electrons. The van der Waals surface area contributed by atoms with Crippen LogP contribution in [0, 0.1) is 0 Å². The standard InChI is InChI=1S/C22H23O5P/c1-24-19-10-8-17(9-11-19)22-7-5-4-6-18(22)16-28(23,26-3)27-21-14-12-20(25-2)13-15-21/h4-15H,16H2,1-3H3. The Bertz CT molecular complexity index is 951. The van der Waals surface area contributed by atoms with Crippen LogP contribution in [0.4, 0.5) is 0 Å². The predicted molar refractivity (Wildman–Crippen MR) is 110 cm³/mol. The van der Waals surface area contributed by atoms with Crippen LogP contribution in [0.25, 0.3) is 11.1 Å². The minimum absolute atomic E-state index is 0.151. The third kappa shape index (κ3) is 4.75. The molecule has 28 heavy (non-hydrogen) atoms. The van der Waals surface area contributed by atoms with E-state index in [9.17, 15) is 4.57 Å². The molecule has 0 bridgehead atoms. The van der Waals surface area contributed by atoms with E-state index in [1.54, 1.807) is 38.5 Å². The van der Waals surface area contributed by atoms with Crippen molar-refractivity contribution in [2.75, 3.05) is 21.3 Å². The van der Waals surface area contributed by atoms with Crippen LogP contribution >= 0.6 is 7.60 Å². The van der Waals surface area contributed by atoms with E-state index in [1.165, 1.54) is 7.11 Å². The van der Waals surface area contributed by atoms with E-state index in [0.29, 0.717) is 11.5 Å². The van der Waals surface area contributed by atoms with Gasteiger partial charge in [0, 0.05) is 7.11 Å². The van der Waals surface area contributed by atoms with Gasteiger partial charge >= 0.3 is 7.60 Å². The van der Waals surface area contributed by atoms with E-state index in [4.69, 9.17) is 18.5 Å². The molecule has 0 N–H and O–H groups in total. The van der Waals surface area contributed by atoms with Gasteiger partial charge in [-0.1, -0.05) is 36.4 Å². The molecule has 0 aliphatic heterocycles. The number of methoxy groups -OCH3 is 2. The van der Waals surface area contributed by atoms with Crippen molar-refractivity contribution in [1.82, 2.24) is 0 Å². The molecule has 0 fully saturated rings. The van der Waals surface area contributed by atoms with Crippen LogP contribution in [0.5, 0.6) is 17.2 Å². The summed E-state index contributed by atoms with van der Waals surface area (Å²) in [7, 11) is 1.23. The van der Waals surface area contributed by atoms with Crippen LogP contribution in [0.2, 0.25) is 0 Å². The summed E-state index contributed by atoms with van der Waals surface area (Å²) in [6, 6.07) is 22.4. The Morgan fingerprint density at radius 3 is 1.82 bits per heavy atom. The number of hydrogen-bond acceptors (Lipinski definition) is 5. The van der Waals surface area contributed by atoms with E-state index < -0.39 is 7.60 Å². The SMILES string of the molecule is COc1ccc(OP(=O)(Cc2ccccc2-c2ccc(OC)cc2)OC)cc1. The van der Waals surface area contributed by atoms with Crippen LogP contribution in [0.1, 0.15) is 5.56 Å². The zero-order valence-electron chi connectivity index (χ0n) is 16.1. The van der Waals surface area contributed by atoms with Crippen LogP contribution < -0.4 is 14.0 Å². The first-order valence-electron chi connectivity index (χ1n) is 8.77. The molecule has 6 heteroatoms. The van der Waals surface area contributed by atoms with E-state index >= 15 is 0 Å². The van der Waals surface area contributed by atoms with E-state index in [2.05, 4.69) is 0 Å². The fourth-order valence-corrected chi connectivity index (χ4v) is 4.25. The number of benzene rings is 3. The summed E-state index contributed by atoms with van der Waals surface area (Å²) >= 11 is 0. The van der Waals surface area contributed by atoms with Gasteiger partial charge in [-0.3, -0.25) is 0 Å². The Hall–Kier alpha value is -2.75. The Kier molecular flexibility index (Phi) is 6.40. The van der Waals surface area contributed by atoms with Crippen molar-refractivity contribution in [2.24, 2.45) is 0 Å². The van der Waals surface area contributed by atoms with Gasteiger partial charge in [-0.2, -0.15) is 0 Å². The smallest absolute Gasteiger partial charge is 0.383 e. The molecule has 146 valence electrons. The molecule has 0 amide bonds. The second kappa shape index (κ2) is 8.96. The Morgan fingerprint density at radius 1 is 0.714 bits per heavy atom. The number of hydrogen-bond donors (Lipinski definition) is 0. The zero-order valence-corrected chi connectivity index (χ0v) is 17.0. The average Bonchev–Trinajstić information content (AvgIpc) is 2.75. The number of rotatable bonds is 8. The summed E-state index contributed by atoms with van der Waals surface area (Å²) in [6.07, 6.45) is 0.151. The van der Waals surface area contributed by atoms with E-state index in [1.807, 2.05) is 48.5 Å². The number of ether oxygens (including phenoxy) is 2. The van der Waals surface area contributed by atoms with Crippen molar-refractivity contribution in [3.8, 4) is 28.4 Å². The highest BCUT2D eigenvalue weighted by molar-refractivity contribution is 7.53. The lowest BCUT2D eigenvalue weighted by Crippen LogP contribution is -2.01. The van der Waals surface area contributed by atoms with Gasteiger partial charge in [0.1, 0.15) is 17.2 Å². The average molecular weight is 398 g/mol. The van der Waals surface area contributed by atoms with Gasteiger partial charge in [0.2, 0.25) is 0 Å². The fraction of sp³-hybridized carbons (Fsp3) is 0.182. The molecule has 0 spiro atoms. The summed E-state index contributed by atoms with van der Waals surface area (Å²) in [5.41, 5.74) is 2.86. The summed E-state index contributed by atoms with van der Waals surface area (Å²) in [5.74, 6) is 1.95. The van der Waals surface area contributed by atoms with Gasteiger partial charge in [0.05, 0.1) is 20.4 Å². The minimum Gasteiger partial charge on any atom is -0.497 e. The Balaban J connectivity index is 1.86. The normalized spacial score (nSPS) is 12.8. The highest BCUT2D eigenvalue weighted by Gasteiger charge is 2.27. The third-order valence-electron chi connectivity index (χ3n) is 4.36. The monoisotopic (exact) mass is 398 g/mol. The maximum atomic E-state index is 13.3. The van der Waals surface area contributed by atoms with Crippen molar-refractivity contribution in [3.05, 3.63) is 78.4 Å². The van der Waals surface area contributed by atoms with Crippen molar-refractivity contribution >= 4 is 7.60 Å². The van der Waals surface area contributed by atoms with E-state index in [0.717, 1.165) is 22.4 Å². The Morgan fingerprint density at radius 2 is 1.25 bits per heavy atom. The second-order valence-corrected chi connectivity index (χ2v) is 8.19. The maximum absolute atomic E-state index is 13.3. The summed E-state index contributed by atoms with van der Waals surface area (Å²) in [6.45, 7) is 0. The molecule has 0 aliphatic rings. The first kappa shape index (κ1) is 20.0. The first-order chi connectivity index (χ1) is 13.6. The molecule has 5 nitrogen and oxygen atoms in total. The van der Waals surface area contributed by atoms with Crippen LogP contribution in [0.15, 0.2) is 72.8 Å². The molecule has 0 saturated carbocycles.